The first-order valence-corrected chi connectivity index (χ1v) is 26.3. The van der Waals surface area contributed by atoms with Crippen LogP contribution in [0.25, 0.3) is 44.5 Å². The minimum absolute atomic E-state index is 0. The van der Waals surface area contributed by atoms with Gasteiger partial charge in [-0.3, -0.25) is 0 Å². The van der Waals surface area contributed by atoms with Gasteiger partial charge in [0, 0.05) is 104 Å². The first kappa shape index (κ1) is 71.0. The third-order valence-electron chi connectivity index (χ3n) is 13.4. The first-order chi connectivity index (χ1) is 36.3. The van der Waals surface area contributed by atoms with Gasteiger partial charge in [-0.25, -0.2) is 0 Å². The molecular weight excluding hydrogens is 1060 g/mol. The fourth-order valence-electron chi connectivity index (χ4n) is 8.35. The van der Waals surface area contributed by atoms with E-state index in [1.165, 1.54) is 115 Å². The van der Waals surface area contributed by atoms with Gasteiger partial charge in [0.15, 0.2) is 12.6 Å². The van der Waals surface area contributed by atoms with Gasteiger partial charge in [0.1, 0.15) is 0 Å². The van der Waals surface area contributed by atoms with Crippen molar-refractivity contribution in [1.82, 2.24) is 29.4 Å². The molecule has 6 aromatic carbocycles. The number of aryl methyl sites for hydroxylation is 4. The van der Waals surface area contributed by atoms with Crippen LogP contribution < -0.4 is 0 Å². The van der Waals surface area contributed by atoms with Crippen LogP contribution in [0.2, 0.25) is 0 Å². The molecule has 2 saturated heterocycles. The molecule has 0 unspecified atom stereocenters. The molecule has 8 rings (SSSR count). The van der Waals surface area contributed by atoms with E-state index < -0.39 is 12.6 Å². The van der Waals surface area contributed by atoms with Gasteiger partial charge >= 0.3 is 34.1 Å². The fourth-order valence-corrected chi connectivity index (χ4v) is 8.35. The summed E-state index contributed by atoms with van der Waals surface area (Å²) in [6.45, 7) is 25.4. The molecule has 4 N–H and O–H groups in total. The van der Waals surface area contributed by atoms with E-state index in [1.54, 1.807) is 12.1 Å². The fraction of sp³-hybridized carbons (Fsp3) is 0.406. The van der Waals surface area contributed by atoms with Crippen LogP contribution in [-0.4, -0.2) is 171 Å². The average Bonchev–Trinajstić information content (AvgIpc) is 3.52. The standard InChI is InChI=1S/2C21H20O2.2C9H21N3.2C2H3N.2Fe/c2*1-14-6-10-16(11-7-14)18-4-3-5-19(20(18)21(22)23)17-12-8-15(2)9-13-17;2*1-10-4-6-11(2)8-9-12(3)7-5-10;2*1-2-3;;/h2*3-13,21-23H,1-2H3;2*4-9H2,1-3H3;2*1H3;;/q;;;;;;2*+4. The smallest absolute Gasteiger partial charge is 0.364 e. The van der Waals surface area contributed by atoms with Gasteiger partial charge in [-0.1, -0.05) is 156 Å². The number of nitrogens with zero attached hydrogens (tertiary/aromatic N) is 8. The molecule has 0 spiro atoms. The van der Waals surface area contributed by atoms with Crippen LogP contribution in [0.4, 0.5) is 0 Å². The third-order valence-corrected chi connectivity index (χ3v) is 13.4. The van der Waals surface area contributed by atoms with Crippen LogP contribution in [0, 0.1) is 50.4 Å². The molecule has 2 aliphatic rings. The number of likely N-dealkylation sites (N-methyl/N-ethyl adjacent to an activating group) is 6. The molecule has 0 bridgehead atoms. The molecule has 0 aromatic heterocycles. The normalized spacial score (nSPS) is 14.8. The summed E-state index contributed by atoms with van der Waals surface area (Å²) >= 11 is 0. The Bertz CT molecular complexity index is 2270. The van der Waals surface area contributed by atoms with Crippen molar-refractivity contribution in [3.05, 3.63) is 167 Å². The Morgan fingerprint density at radius 3 is 0.590 bits per heavy atom. The van der Waals surface area contributed by atoms with Gasteiger partial charge in [0.2, 0.25) is 0 Å². The SMILES string of the molecule is CC#N.CC#N.CN1CCN(C)CCN(C)CC1.CN1CCN(C)CCN(C)CC1.Cc1ccc(-c2cccc(-c3ccc(C)cc3)c2C(O)O)cc1.Cc1ccc(-c2cccc(-c3ccc(C)cc3)c2C(O)O)cc1.[Fe+4].[Fe+4]. The van der Waals surface area contributed by atoms with E-state index in [0.717, 1.165) is 44.5 Å². The largest absolute Gasteiger partial charge is 4.00 e. The predicted molar refractivity (Wildman–Crippen MR) is 315 cm³/mol. The number of nitriles is 2. The predicted octanol–water partition coefficient (Wildman–Crippen LogP) is 9.89. The Balaban J connectivity index is 0.000000517. The summed E-state index contributed by atoms with van der Waals surface area (Å²) in [4.78, 5) is 14.4. The van der Waals surface area contributed by atoms with Crippen molar-refractivity contribution in [3.63, 3.8) is 0 Å². The van der Waals surface area contributed by atoms with Crippen LogP contribution in [-0.2, 0) is 34.1 Å². The molecule has 2 fully saturated rings. The number of benzene rings is 6. The molecule has 416 valence electrons. The number of hydrogen-bond acceptors (Lipinski definition) is 12. The summed E-state index contributed by atoms with van der Waals surface area (Å²) < 4.78 is 0. The quantitative estimate of drug-likeness (QED) is 0.0930. The molecule has 2 heterocycles. The van der Waals surface area contributed by atoms with E-state index in [4.69, 9.17) is 10.5 Å². The van der Waals surface area contributed by atoms with Crippen molar-refractivity contribution in [2.75, 3.05) is 121 Å². The molecule has 0 radical (unpaired) electrons. The zero-order valence-corrected chi connectivity index (χ0v) is 50.6. The van der Waals surface area contributed by atoms with Crippen molar-refractivity contribution in [1.29, 1.82) is 10.5 Å². The summed E-state index contributed by atoms with van der Waals surface area (Å²) in [5.41, 5.74) is 13.1. The van der Waals surface area contributed by atoms with Gasteiger partial charge in [0.25, 0.3) is 0 Å². The van der Waals surface area contributed by atoms with E-state index in [0.29, 0.717) is 11.1 Å². The van der Waals surface area contributed by atoms with Crippen molar-refractivity contribution in [3.8, 4) is 56.6 Å². The Hall–Kier alpha value is -5.06. The number of aliphatic hydroxyl groups is 4. The van der Waals surface area contributed by atoms with Crippen LogP contribution in [0.5, 0.6) is 0 Å². The van der Waals surface area contributed by atoms with E-state index in [1.807, 2.05) is 161 Å². The molecular formula is C64H88Fe2N8O4+8. The van der Waals surface area contributed by atoms with E-state index in [-0.39, 0.29) is 34.1 Å². The monoisotopic (exact) mass is 1140 g/mol. The molecule has 0 atom stereocenters. The summed E-state index contributed by atoms with van der Waals surface area (Å²) in [5, 5.41) is 54.5. The zero-order chi connectivity index (χ0) is 56.2. The van der Waals surface area contributed by atoms with Gasteiger partial charge in [-0.2, -0.15) is 10.5 Å². The molecule has 6 aromatic rings. The number of hydrogen-bond donors (Lipinski definition) is 4. The minimum atomic E-state index is -1.52. The number of rotatable bonds is 6. The van der Waals surface area contributed by atoms with E-state index >= 15 is 0 Å². The second-order valence-electron chi connectivity index (χ2n) is 20.0. The van der Waals surface area contributed by atoms with Crippen LogP contribution in [0.1, 0.15) is 59.8 Å². The number of aliphatic hydroxyl groups excluding tert-OH is 2. The molecule has 78 heavy (non-hydrogen) atoms. The molecule has 12 nitrogen and oxygen atoms in total. The Kier molecular flexibility index (Phi) is 35.0. The van der Waals surface area contributed by atoms with E-state index in [9.17, 15) is 20.4 Å². The van der Waals surface area contributed by atoms with Crippen molar-refractivity contribution >= 4 is 0 Å². The summed E-state index contributed by atoms with van der Waals surface area (Å²) in [7, 11) is 13.2. The molecule has 0 aliphatic carbocycles. The van der Waals surface area contributed by atoms with Gasteiger partial charge < -0.3 is 49.8 Å². The Morgan fingerprint density at radius 2 is 0.462 bits per heavy atom. The molecule has 2 aliphatic heterocycles. The summed E-state index contributed by atoms with van der Waals surface area (Å²) in [6.07, 6.45) is -3.05. The van der Waals surface area contributed by atoms with Crippen LogP contribution >= 0.6 is 0 Å². The third kappa shape index (κ3) is 25.4. The van der Waals surface area contributed by atoms with Gasteiger partial charge in [0.05, 0.1) is 12.1 Å². The zero-order valence-electron chi connectivity index (χ0n) is 48.4. The van der Waals surface area contributed by atoms with Crippen LogP contribution in [0.3, 0.4) is 0 Å². The average molecular weight is 1150 g/mol. The summed E-state index contributed by atoms with van der Waals surface area (Å²) in [6, 6.07) is 47.4. The maximum Gasteiger partial charge on any atom is 4.00 e. The van der Waals surface area contributed by atoms with Gasteiger partial charge in [-0.15, -0.1) is 0 Å². The second kappa shape index (κ2) is 38.5. The van der Waals surface area contributed by atoms with Gasteiger partial charge in [-0.05, 0) is 114 Å². The Labute approximate surface area is 490 Å². The Morgan fingerprint density at radius 1 is 0.321 bits per heavy atom. The van der Waals surface area contributed by atoms with Crippen molar-refractivity contribution in [2.24, 2.45) is 0 Å². The maximum absolute atomic E-state index is 9.97. The first-order valence-electron chi connectivity index (χ1n) is 26.3. The minimum Gasteiger partial charge on any atom is -0.364 e. The second-order valence-corrected chi connectivity index (χ2v) is 20.0. The topological polar surface area (TPSA) is 148 Å². The molecule has 0 saturated carbocycles. The molecule has 0 amide bonds. The van der Waals surface area contributed by atoms with Crippen LogP contribution in [0.15, 0.2) is 133 Å². The van der Waals surface area contributed by atoms with Crippen molar-refractivity contribution in [2.45, 2.75) is 54.1 Å². The maximum atomic E-state index is 9.97. The summed E-state index contributed by atoms with van der Waals surface area (Å²) in [5.74, 6) is 0. The van der Waals surface area contributed by atoms with E-state index in [2.05, 4.69) is 71.7 Å². The van der Waals surface area contributed by atoms with Crippen molar-refractivity contribution < 1.29 is 54.6 Å². The molecule has 14 heteroatoms.